The Bertz CT molecular complexity index is 476. The number of nitrogens with zero attached hydrogens (tertiary/aromatic N) is 1. The Morgan fingerprint density at radius 3 is 2.68 bits per heavy atom. The smallest absolute Gasteiger partial charge is 0.325 e. The third-order valence-electron chi connectivity index (χ3n) is 2.52. The molecule has 0 saturated heterocycles. The highest BCUT2D eigenvalue weighted by Crippen LogP contribution is 2.20. The highest BCUT2D eigenvalue weighted by Gasteiger charge is 2.21. The van der Waals surface area contributed by atoms with Gasteiger partial charge < -0.3 is 14.7 Å². The number of carbonyl (C=O) groups is 2. The molecule has 0 bridgehead atoms. The summed E-state index contributed by atoms with van der Waals surface area (Å²) in [6.45, 7) is 1.91. The Kier molecular flexibility index (Phi) is 5.29. The van der Waals surface area contributed by atoms with Crippen molar-refractivity contribution in [1.82, 2.24) is 4.90 Å². The summed E-state index contributed by atoms with van der Waals surface area (Å²) in [5.41, 5.74) is -0.169. The molecule has 5 nitrogen and oxygen atoms in total. The molecule has 0 radical (unpaired) electrons. The van der Waals surface area contributed by atoms with E-state index in [9.17, 15) is 19.1 Å². The van der Waals surface area contributed by atoms with Crippen LogP contribution < -0.4 is 0 Å². The highest BCUT2D eigenvalue weighted by molar-refractivity contribution is 5.98. The third kappa shape index (κ3) is 3.94. The van der Waals surface area contributed by atoms with Gasteiger partial charge in [0.05, 0.1) is 12.7 Å². The van der Waals surface area contributed by atoms with Crippen molar-refractivity contribution in [3.8, 4) is 5.75 Å². The number of methoxy groups -OCH3 is 1. The fraction of sp³-hybridized carbons (Fsp3) is 0.385. The van der Waals surface area contributed by atoms with Crippen LogP contribution in [0.3, 0.4) is 0 Å². The molecule has 1 aromatic carbocycles. The minimum atomic E-state index is -0.629. The maximum Gasteiger partial charge on any atom is 0.325 e. The Morgan fingerprint density at radius 2 is 2.11 bits per heavy atom. The summed E-state index contributed by atoms with van der Waals surface area (Å²) in [7, 11) is 1.22. The lowest BCUT2D eigenvalue weighted by Gasteiger charge is -2.21. The lowest BCUT2D eigenvalue weighted by atomic mass is 10.1. The van der Waals surface area contributed by atoms with Gasteiger partial charge in [-0.1, -0.05) is 6.92 Å². The van der Waals surface area contributed by atoms with Gasteiger partial charge in [-0.15, -0.1) is 0 Å². The quantitative estimate of drug-likeness (QED) is 0.824. The number of hydrogen-bond donors (Lipinski definition) is 1. The van der Waals surface area contributed by atoms with Crippen LogP contribution in [0.4, 0.5) is 4.39 Å². The average Bonchev–Trinajstić information content (AvgIpc) is 2.40. The predicted octanol–water partition coefficient (Wildman–Crippen LogP) is 1.56. The molecule has 0 unspecified atom stereocenters. The fourth-order valence-electron chi connectivity index (χ4n) is 1.59. The van der Waals surface area contributed by atoms with Crippen LogP contribution in [0.15, 0.2) is 18.2 Å². The lowest BCUT2D eigenvalue weighted by Crippen LogP contribution is -2.36. The zero-order valence-electron chi connectivity index (χ0n) is 10.9. The molecule has 0 aliphatic rings. The van der Waals surface area contributed by atoms with Crippen molar-refractivity contribution in [1.29, 1.82) is 0 Å². The Balaban J connectivity index is 2.98. The van der Waals surface area contributed by atoms with Gasteiger partial charge in [0, 0.05) is 6.54 Å². The van der Waals surface area contributed by atoms with Crippen LogP contribution in [0.25, 0.3) is 0 Å². The number of ether oxygens (including phenoxy) is 1. The molecule has 0 aliphatic carbocycles. The van der Waals surface area contributed by atoms with Crippen LogP contribution in [-0.2, 0) is 9.53 Å². The largest absolute Gasteiger partial charge is 0.507 e. The number of amides is 1. The second-order valence-electron chi connectivity index (χ2n) is 3.96. The van der Waals surface area contributed by atoms with Crippen LogP contribution >= 0.6 is 0 Å². The molecule has 104 valence electrons. The summed E-state index contributed by atoms with van der Waals surface area (Å²) in [4.78, 5) is 24.6. The highest BCUT2D eigenvalue weighted by atomic mass is 19.1. The summed E-state index contributed by atoms with van der Waals surface area (Å²) in [6, 6.07) is 3.10. The second-order valence-corrected chi connectivity index (χ2v) is 3.96. The van der Waals surface area contributed by atoms with Crippen molar-refractivity contribution in [2.45, 2.75) is 13.3 Å². The van der Waals surface area contributed by atoms with Crippen LogP contribution in [0.1, 0.15) is 23.7 Å². The van der Waals surface area contributed by atoms with Crippen molar-refractivity contribution >= 4 is 11.9 Å². The number of carbonyl (C=O) groups excluding carboxylic acids is 2. The monoisotopic (exact) mass is 269 g/mol. The van der Waals surface area contributed by atoms with Crippen LogP contribution in [0.2, 0.25) is 0 Å². The first-order chi connectivity index (χ1) is 8.99. The molecular weight excluding hydrogens is 253 g/mol. The Morgan fingerprint density at radius 1 is 1.42 bits per heavy atom. The number of aromatic hydroxyl groups is 1. The van der Waals surface area contributed by atoms with E-state index in [0.717, 1.165) is 18.2 Å². The van der Waals surface area contributed by atoms with Crippen molar-refractivity contribution in [2.75, 3.05) is 20.2 Å². The number of phenolic OH excluding ortho intramolecular Hbond substituents is 1. The van der Waals surface area contributed by atoms with Gasteiger partial charge >= 0.3 is 5.97 Å². The molecule has 1 aromatic rings. The molecule has 1 amide bonds. The molecule has 0 spiro atoms. The van der Waals surface area contributed by atoms with Gasteiger partial charge in [0.25, 0.3) is 5.91 Å². The number of hydrogen-bond acceptors (Lipinski definition) is 4. The van der Waals surface area contributed by atoms with E-state index in [1.807, 2.05) is 6.92 Å². The first-order valence-corrected chi connectivity index (χ1v) is 5.84. The minimum Gasteiger partial charge on any atom is -0.507 e. The molecule has 0 saturated carbocycles. The van der Waals surface area contributed by atoms with E-state index in [-0.39, 0.29) is 17.9 Å². The zero-order chi connectivity index (χ0) is 14.4. The van der Waals surface area contributed by atoms with Crippen LogP contribution in [0, 0.1) is 5.82 Å². The number of esters is 1. The summed E-state index contributed by atoms with van der Waals surface area (Å²) in [5.74, 6) is -2.13. The van der Waals surface area contributed by atoms with Gasteiger partial charge in [-0.25, -0.2) is 4.39 Å². The first-order valence-electron chi connectivity index (χ1n) is 5.84. The first kappa shape index (κ1) is 14.9. The molecule has 6 heteroatoms. The zero-order valence-corrected chi connectivity index (χ0v) is 10.9. The molecule has 0 fully saturated rings. The summed E-state index contributed by atoms with van der Waals surface area (Å²) >= 11 is 0. The number of phenols is 1. The van der Waals surface area contributed by atoms with Gasteiger partial charge in [0.2, 0.25) is 0 Å². The maximum absolute atomic E-state index is 13.1. The van der Waals surface area contributed by atoms with E-state index in [1.54, 1.807) is 0 Å². The summed E-state index contributed by atoms with van der Waals surface area (Å²) < 4.78 is 17.6. The molecule has 1 N–H and O–H groups in total. The van der Waals surface area contributed by atoms with Gasteiger partial charge in [0.15, 0.2) is 0 Å². The molecule has 19 heavy (non-hydrogen) atoms. The topological polar surface area (TPSA) is 66.8 Å². The standard InChI is InChI=1S/C13H16FNO4/c1-3-6-15(8-12(17)19-2)13(18)10-7-9(14)4-5-11(10)16/h4-5,7,16H,3,6,8H2,1-2H3. The van der Waals surface area contributed by atoms with Crippen LogP contribution in [-0.4, -0.2) is 42.1 Å². The molecule has 0 aliphatic heterocycles. The SMILES string of the molecule is CCCN(CC(=O)OC)C(=O)c1cc(F)ccc1O. The fourth-order valence-corrected chi connectivity index (χ4v) is 1.59. The molecule has 0 heterocycles. The number of benzene rings is 1. The maximum atomic E-state index is 13.1. The lowest BCUT2D eigenvalue weighted by molar-refractivity contribution is -0.141. The molecule has 0 atom stereocenters. The normalized spacial score (nSPS) is 10.1. The van der Waals surface area contributed by atoms with E-state index >= 15 is 0 Å². The van der Waals surface area contributed by atoms with Crippen LogP contribution in [0.5, 0.6) is 5.75 Å². The number of halogens is 1. The Labute approximate surface area is 110 Å². The van der Waals surface area contributed by atoms with E-state index < -0.39 is 17.7 Å². The van der Waals surface area contributed by atoms with E-state index in [2.05, 4.69) is 4.74 Å². The molecule has 1 rings (SSSR count). The predicted molar refractivity (Wildman–Crippen MR) is 66.3 cm³/mol. The van der Waals surface area contributed by atoms with Gasteiger partial charge in [-0.05, 0) is 24.6 Å². The van der Waals surface area contributed by atoms with E-state index in [0.29, 0.717) is 13.0 Å². The van der Waals surface area contributed by atoms with Crippen molar-refractivity contribution in [3.63, 3.8) is 0 Å². The number of rotatable bonds is 5. The summed E-state index contributed by atoms with van der Waals surface area (Å²) in [6.07, 6.45) is 0.624. The van der Waals surface area contributed by atoms with Crippen molar-refractivity contribution in [2.24, 2.45) is 0 Å². The minimum absolute atomic E-state index is 0.169. The van der Waals surface area contributed by atoms with E-state index in [1.165, 1.54) is 12.0 Å². The molecular formula is C13H16FNO4. The van der Waals surface area contributed by atoms with Gasteiger partial charge in [-0.3, -0.25) is 9.59 Å². The summed E-state index contributed by atoms with van der Waals surface area (Å²) in [5, 5.41) is 9.58. The third-order valence-corrected chi connectivity index (χ3v) is 2.52. The van der Waals surface area contributed by atoms with Gasteiger partial charge in [-0.2, -0.15) is 0 Å². The average molecular weight is 269 g/mol. The second kappa shape index (κ2) is 6.72. The molecule has 0 aromatic heterocycles. The van der Waals surface area contributed by atoms with E-state index in [4.69, 9.17) is 0 Å². The van der Waals surface area contributed by atoms with Crippen molar-refractivity contribution in [3.05, 3.63) is 29.6 Å². The van der Waals surface area contributed by atoms with Gasteiger partial charge in [0.1, 0.15) is 18.1 Å². The Hall–Kier alpha value is -2.11. The van der Waals surface area contributed by atoms with Crippen molar-refractivity contribution < 1.29 is 23.8 Å².